The number of esters is 1. The average Bonchev–Trinajstić information content (AvgIpc) is 2.51. The summed E-state index contributed by atoms with van der Waals surface area (Å²) in [5, 5.41) is 0. The summed E-state index contributed by atoms with van der Waals surface area (Å²) in [5.74, 6) is 0.00498. The maximum absolute atomic E-state index is 12.2. The molecule has 1 unspecified atom stereocenters. The van der Waals surface area contributed by atoms with Gasteiger partial charge in [-0.25, -0.2) is 0 Å². The van der Waals surface area contributed by atoms with Crippen LogP contribution in [-0.4, -0.2) is 36.6 Å². The Bertz CT molecular complexity index is 268. The Morgan fingerprint density at radius 1 is 0.955 bits per heavy atom. The second-order valence-corrected chi connectivity index (χ2v) is 6.27. The Morgan fingerprint density at radius 3 is 2.14 bits per heavy atom. The van der Waals surface area contributed by atoms with Crippen molar-refractivity contribution < 1.29 is 9.53 Å². The molecule has 1 rings (SSSR count). The van der Waals surface area contributed by atoms with Crippen LogP contribution in [0.2, 0.25) is 0 Å². The molecule has 1 aliphatic rings. The first-order valence-corrected chi connectivity index (χ1v) is 9.20. The molecule has 0 bridgehead atoms. The van der Waals surface area contributed by atoms with Crippen LogP contribution in [0.5, 0.6) is 0 Å². The zero-order chi connectivity index (χ0) is 15.3. The summed E-state index contributed by atoms with van der Waals surface area (Å²) in [4.78, 5) is 14.5. The topological polar surface area (TPSA) is 29.5 Å². The van der Waals surface area contributed by atoms with Gasteiger partial charge in [-0.1, -0.05) is 58.3 Å². The van der Waals surface area contributed by atoms with Crippen LogP contribution in [0.4, 0.5) is 0 Å². The maximum atomic E-state index is 12.2. The zero-order valence-electron chi connectivity index (χ0n) is 14.6. The van der Waals surface area contributed by atoms with E-state index in [2.05, 4.69) is 11.8 Å². The quantitative estimate of drug-likeness (QED) is 0.395. The van der Waals surface area contributed by atoms with Gasteiger partial charge in [-0.2, -0.15) is 0 Å². The fourth-order valence-corrected chi connectivity index (χ4v) is 3.21. The summed E-state index contributed by atoms with van der Waals surface area (Å²) in [6.45, 7) is 6.79. The standard InChI is InChI=1S/C18H35NO2.ClH/c1-3-5-6-7-8-9-11-14-17(18(20)21-4-2)19-15-12-10-13-16-19;/h17H,3-16H2,1-2H3;1H. The van der Waals surface area contributed by atoms with Crippen LogP contribution < -0.4 is 0 Å². The molecule has 0 aromatic heterocycles. The van der Waals surface area contributed by atoms with E-state index in [0.717, 1.165) is 25.9 Å². The Balaban J connectivity index is 0.00000441. The lowest BCUT2D eigenvalue weighted by Crippen LogP contribution is -2.44. The molecule has 0 radical (unpaired) electrons. The van der Waals surface area contributed by atoms with Crippen molar-refractivity contribution in [3.8, 4) is 0 Å². The third-order valence-corrected chi connectivity index (χ3v) is 4.47. The highest BCUT2D eigenvalue weighted by molar-refractivity contribution is 5.85. The van der Waals surface area contributed by atoms with E-state index in [0.29, 0.717) is 6.61 Å². The largest absolute Gasteiger partial charge is 0.465 e. The third-order valence-electron chi connectivity index (χ3n) is 4.47. The minimum Gasteiger partial charge on any atom is -0.465 e. The Morgan fingerprint density at radius 2 is 1.55 bits per heavy atom. The molecule has 0 saturated carbocycles. The van der Waals surface area contributed by atoms with Crippen LogP contribution in [-0.2, 0) is 9.53 Å². The van der Waals surface area contributed by atoms with E-state index in [1.54, 1.807) is 0 Å². The molecule has 0 spiro atoms. The van der Waals surface area contributed by atoms with Crippen molar-refractivity contribution in [3.05, 3.63) is 0 Å². The molecule has 0 aliphatic carbocycles. The maximum Gasteiger partial charge on any atom is 0.323 e. The number of hydrogen-bond donors (Lipinski definition) is 0. The zero-order valence-corrected chi connectivity index (χ0v) is 15.5. The summed E-state index contributed by atoms with van der Waals surface area (Å²) in [6.07, 6.45) is 13.9. The summed E-state index contributed by atoms with van der Waals surface area (Å²) in [5.41, 5.74) is 0. The predicted molar refractivity (Wildman–Crippen MR) is 95.7 cm³/mol. The minimum atomic E-state index is 0. The Hall–Kier alpha value is -0.280. The molecule has 3 nitrogen and oxygen atoms in total. The SMILES string of the molecule is CCCCCCCCCC(C(=O)OCC)N1CCCCC1.Cl. The van der Waals surface area contributed by atoms with Crippen molar-refractivity contribution in [2.24, 2.45) is 0 Å². The van der Waals surface area contributed by atoms with Gasteiger partial charge in [0.25, 0.3) is 0 Å². The van der Waals surface area contributed by atoms with E-state index in [-0.39, 0.29) is 24.4 Å². The Kier molecular flexibility index (Phi) is 14.1. The first-order chi connectivity index (χ1) is 10.3. The highest BCUT2D eigenvalue weighted by Gasteiger charge is 2.27. The number of likely N-dealkylation sites (tertiary alicyclic amines) is 1. The molecule has 1 fully saturated rings. The van der Waals surface area contributed by atoms with Crippen LogP contribution in [0.25, 0.3) is 0 Å². The first-order valence-electron chi connectivity index (χ1n) is 9.20. The van der Waals surface area contributed by atoms with Crippen molar-refractivity contribution in [3.63, 3.8) is 0 Å². The molecule has 1 aliphatic heterocycles. The van der Waals surface area contributed by atoms with Crippen LogP contribution in [0.15, 0.2) is 0 Å². The lowest BCUT2D eigenvalue weighted by molar-refractivity contribution is -0.150. The Labute approximate surface area is 143 Å². The van der Waals surface area contributed by atoms with E-state index in [1.165, 1.54) is 57.8 Å². The van der Waals surface area contributed by atoms with Gasteiger partial charge in [0.15, 0.2) is 0 Å². The lowest BCUT2D eigenvalue weighted by atomic mass is 10.0. The van der Waals surface area contributed by atoms with Crippen LogP contribution in [0, 0.1) is 0 Å². The van der Waals surface area contributed by atoms with Gasteiger partial charge in [0, 0.05) is 0 Å². The molecule has 0 aromatic rings. The van der Waals surface area contributed by atoms with Gasteiger partial charge in [0.2, 0.25) is 0 Å². The van der Waals surface area contributed by atoms with Crippen molar-refractivity contribution in [2.45, 2.75) is 90.5 Å². The molecule has 0 amide bonds. The van der Waals surface area contributed by atoms with Crippen LogP contribution >= 0.6 is 12.4 Å². The van der Waals surface area contributed by atoms with Gasteiger partial charge in [0.1, 0.15) is 6.04 Å². The number of ether oxygens (including phenoxy) is 1. The highest BCUT2D eigenvalue weighted by atomic mass is 35.5. The number of nitrogens with zero attached hydrogens (tertiary/aromatic N) is 1. The second-order valence-electron chi connectivity index (χ2n) is 6.27. The number of carbonyl (C=O) groups is 1. The molecule has 0 N–H and O–H groups in total. The smallest absolute Gasteiger partial charge is 0.323 e. The molecule has 0 aromatic carbocycles. The van der Waals surface area contributed by atoms with Gasteiger partial charge in [-0.05, 0) is 39.3 Å². The number of rotatable bonds is 11. The highest BCUT2D eigenvalue weighted by Crippen LogP contribution is 2.18. The normalized spacial score (nSPS) is 16.8. The molecular formula is C18H36ClNO2. The minimum absolute atomic E-state index is 0. The van der Waals surface area contributed by atoms with E-state index in [1.807, 2.05) is 6.92 Å². The fraction of sp³-hybridized carbons (Fsp3) is 0.944. The predicted octanol–water partition coefficient (Wildman–Crippen LogP) is 4.97. The summed E-state index contributed by atoms with van der Waals surface area (Å²) >= 11 is 0. The fourth-order valence-electron chi connectivity index (χ4n) is 3.21. The van der Waals surface area contributed by atoms with Gasteiger partial charge >= 0.3 is 5.97 Å². The molecule has 1 saturated heterocycles. The van der Waals surface area contributed by atoms with E-state index >= 15 is 0 Å². The molecular weight excluding hydrogens is 298 g/mol. The van der Waals surface area contributed by atoms with E-state index < -0.39 is 0 Å². The monoisotopic (exact) mass is 333 g/mol. The molecule has 22 heavy (non-hydrogen) atoms. The number of halogens is 1. The number of unbranched alkanes of at least 4 members (excludes halogenated alkanes) is 6. The van der Waals surface area contributed by atoms with Crippen LogP contribution in [0.1, 0.15) is 84.5 Å². The van der Waals surface area contributed by atoms with Crippen molar-refractivity contribution >= 4 is 18.4 Å². The molecule has 1 heterocycles. The summed E-state index contributed by atoms with van der Waals surface area (Å²) in [6, 6.07) is 0.0147. The van der Waals surface area contributed by atoms with Crippen molar-refractivity contribution in [2.75, 3.05) is 19.7 Å². The van der Waals surface area contributed by atoms with E-state index in [4.69, 9.17) is 4.74 Å². The molecule has 1 atom stereocenters. The van der Waals surface area contributed by atoms with Crippen LogP contribution in [0.3, 0.4) is 0 Å². The van der Waals surface area contributed by atoms with Gasteiger partial charge in [-0.3, -0.25) is 9.69 Å². The number of carbonyl (C=O) groups excluding carboxylic acids is 1. The first kappa shape index (κ1) is 21.7. The van der Waals surface area contributed by atoms with Crippen molar-refractivity contribution in [1.29, 1.82) is 0 Å². The third kappa shape index (κ3) is 8.99. The van der Waals surface area contributed by atoms with E-state index in [9.17, 15) is 4.79 Å². The number of hydrogen-bond acceptors (Lipinski definition) is 3. The molecule has 132 valence electrons. The lowest BCUT2D eigenvalue weighted by Gasteiger charge is -2.33. The van der Waals surface area contributed by atoms with Gasteiger partial charge < -0.3 is 4.74 Å². The number of piperidine rings is 1. The van der Waals surface area contributed by atoms with Gasteiger partial charge in [0.05, 0.1) is 6.61 Å². The van der Waals surface area contributed by atoms with Gasteiger partial charge in [-0.15, -0.1) is 12.4 Å². The summed E-state index contributed by atoms with van der Waals surface area (Å²) in [7, 11) is 0. The van der Waals surface area contributed by atoms with Crippen molar-refractivity contribution in [1.82, 2.24) is 4.90 Å². The average molecular weight is 334 g/mol. The second kappa shape index (κ2) is 14.3. The molecule has 4 heteroatoms. The summed E-state index contributed by atoms with van der Waals surface area (Å²) < 4.78 is 5.29.